The molecule has 1 aliphatic rings. The SMILES string of the molecule is CC(=O)NC(Cc1c[nH]c2cc(F)ccc12)C(=O)N1CCOC(CC(=O)O)C1. The summed E-state index contributed by atoms with van der Waals surface area (Å²) in [6.07, 6.45) is 1.15. The number of amides is 2. The lowest BCUT2D eigenvalue weighted by Crippen LogP contribution is -2.54. The summed E-state index contributed by atoms with van der Waals surface area (Å²) in [5, 5.41) is 12.4. The molecule has 2 unspecified atom stereocenters. The van der Waals surface area contributed by atoms with Crippen LogP contribution in [0.2, 0.25) is 0 Å². The molecule has 0 saturated carbocycles. The number of aliphatic carboxylic acids is 1. The molecule has 1 aromatic heterocycles. The van der Waals surface area contributed by atoms with Crippen molar-refractivity contribution >= 4 is 28.7 Å². The summed E-state index contributed by atoms with van der Waals surface area (Å²) in [4.78, 5) is 40.1. The van der Waals surface area contributed by atoms with Crippen LogP contribution in [0.25, 0.3) is 10.9 Å². The maximum atomic E-state index is 13.4. The minimum atomic E-state index is -0.997. The smallest absolute Gasteiger partial charge is 0.306 e. The van der Waals surface area contributed by atoms with Gasteiger partial charge in [0.15, 0.2) is 0 Å². The van der Waals surface area contributed by atoms with Gasteiger partial charge in [-0.1, -0.05) is 0 Å². The van der Waals surface area contributed by atoms with Crippen LogP contribution in [-0.4, -0.2) is 64.6 Å². The van der Waals surface area contributed by atoms with Crippen molar-refractivity contribution < 1.29 is 28.6 Å². The second-order valence-corrected chi connectivity index (χ2v) is 6.84. The summed E-state index contributed by atoms with van der Waals surface area (Å²) in [6.45, 7) is 2.05. The summed E-state index contributed by atoms with van der Waals surface area (Å²) >= 11 is 0. The van der Waals surface area contributed by atoms with E-state index < -0.39 is 18.1 Å². The molecule has 3 N–H and O–H groups in total. The zero-order valence-electron chi connectivity index (χ0n) is 15.4. The minimum Gasteiger partial charge on any atom is -0.481 e. The first-order valence-electron chi connectivity index (χ1n) is 8.98. The third-order valence-corrected chi connectivity index (χ3v) is 4.68. The molecule has 9 heteroatoms. The highest BCUT2D eigenvalue weighted by Gasteiger charge is 2.31. The van der Waals surface area contributed by atoms with Crippen LogP contribution in [-0.2, 0) is 25.5 Å². The number of carboxylic acid groups (broad SMARTS) is 1. The van der Waals surface area contributed by atoms with Gasteiger partial charge in [0.05, 0.1) is 19.1 Å². The molecule has 2 atom stereocenters. The Labute approximate surface area is 160 Å². The van der Waals surface area contributed by atoms with Gasteiger partial charge in [-0.05, 0) is 23.8 Å². The molecule has 0 aliphatic carbocycles. The van der Waals surface area contributed by atoms with Crippen LogP contribution in [0.4, 0.5) is 4.39 Å². The van der Waals surface area contributed by atoms with Crippen molar-refractivity contribution in [2.24, 2.45) is 0 Å². The number of morpholine rings is 1. The van der Waals surface area contributed by atoms with E-state index in [1.165, 1.54) is 24.0 Å². The molecule has 1 aromatic carbocycles. The van der Waals surface area contributed by atoms with Gasteiger partial charge in [-0.15, -0.1) is 0 Å². The highest BCUT2D eigenvalue weighted by atomic mass is 19.1. The molecular weight excluding hydrogens is 369 g/mol. The predicted molar refractivity (Wildman–Crippen MR) is 98.1 cm³/mol. The average molecular weight is 391 g/mol. The van der Waals surface area contributed by atoms with E-state index in [0.29, 0.717) is 12.1 Å². The number of nitrogens with zero attached hydrogens (tertiary/aromatic N) is 1. The van der Waals surface area contributed by atoms with Gasteiger partial charge in [-0.2, -0.15) is 0 Å². The van der Waals surface area contributed by atoms with E-state index in [4.69, 9.17) is 9.84 Å². The molecule has 2 heterocycles. The first-order valence-corrected chi connectivity index (χ1v) is 8.98. The number of fused-ring (bicyclic) bond motifs is 1. The molecule has 1 aliphatic heterocycles. The number of carbonyl (C=O) groups excluding carboxylic acids is 2. The van der Waals surface area contributed by atoms with Gasteiger partial charge in [0.2, 0.25) is 11.8 Å². The fraction of sp³-hybridized carbons (Fsp3) is 0.421. The topological polar surface area (TPSA) is 112 Å². The molecular formula is C19H22FN3O5. The van der Waals surface area contributed by atoms with Crippen molar-refractivity contribution in [1.82, 2.24) is 15.2 Å². The van der Waals surface area contributed by atoms with E-state index >= 15 is 0 Å². The van der Waals surface area contributed by atoms with Crippen LogP contribution in [0.15, 0.2) is 24.4 Å². The maximum absolute atomic E-state index is 13.4. The number of aromatic nitrogens is 1. The third-order valence-electron chi connectivity index (χ3n) is 4.68. The molecule has 0 bridgehead atoms. The fourth-order valence-corrected chi connectivity index (χ4v) is 3.45. The average Bonchev–Trinajstić information content (AvgIpc) is 3.01. The summed E-state index contributed by atoms with van der Waals surface area (Å²) in [5.41, 5.74) is 1.38. The molecule has 3 rings (SSSR count). The number of aromatic amines is 1. The lowest BCUT2D eigenvalue weighted by molar-refractivity contribution is -0.149. The molecule has 0 radical (unpaired) electrons. The molecule has 1 saturated heterocycles. The zero-order valence-corrected chi connectivity index (χ0v) is 15.4. The molecule has 150 valence electrons. The molecule has 2 aromatic rings. The van der Waals surface area contributed by atoms with Gasteiger partial charge >= 0.3 is 5.97 Å². The summed E-state index contributed by atoms with van der Waals surface area (Å²) in [7, 11) is 0. The predicted octanol–water partition coefficient (Wildman–Crippen LogP) is 1.06. The normalized spacial score (nSPS) is 18.1. The molecule has 0 spiro atoms. The lowest BCUT2D eigenvalue weighted by atomic mass is 10.0. The maximum Gasteiger partial charge on any atom is 0.306 e. The summed E-state index contributed by atoms with van der Waals surface area (Å²) in [6, 6.07) is 3.52. The number of carboxylic acids is 1. The Morgan fingerprint density at radius 2 is 2.21 bits per heavy atom. The summed E-state index contributed by atoms with van der Waals surface area (Å²) < 4.78 is 18.8. The van der Waals surface area contributed by atoms with Crippen molar-refractivity contribution in [2.45, 2.75) is 31.9 Å². The minimum absolute atomic E-state index is 0.153. The Hall–Kier alpha value is -2.94. The van der Waals surface area contributed by atoms with Crippen LogP contribution < -0.4 is 5.32 Å². The molecule has 2 amide bonds. The third kappa shape index (κ3) is 4.66. The molecule has 28 heavy (non-hydrogen) atoms. The highest BCUT2D eigenvalue weighted by Crippen LogP contribution is 2.21. The van der Waals surface area contributed by atoms with E-state index in [9.17, 15) is 18.8 Å². The number of carbonyl (C=O) groups is 3. The largest absolute Gasteiger partial charge is 0.481 e. The van der Waals surface area contributed by atoms with E-state index in [-0.39, 0.29) is 43.6 Å². The standard InChI is InChI=1S/C19H22FN3O5/c1-11(24)22-17(6-12-9-21-16-7-13(20)2-3-15(12)16)19(27)23-4-5-28-14(10-23)8-18(25)26/h2-3,7,9,14,17,21H,4-6,8,10H2,1H3,(H,22,24)(H,25,26). The number of rotatable bonds is 6. The van der Waals surface area contributed by atoms with Gasteiger partial charge in [-0.25, -0.2) is 4.39 Å². The van der Waals surface area contributed by atoms with Gasteiger partial charge in [-0.3, -0.25) is 14.4 Å². The van der Waals surface area contributed by atoms with Crippen LogP contribution >= 0.6 is 0 Å². The Kier molecular flexibility index (Phi) is 5.93. The van der Waals surface area contributed by atoms with Crippen molar-refractivity contribution in [2.75, 3.05) is 19.7 Å². The fourth-order valence-electron chi connectivity index (χ4n) is 3.45. The van der Waals surface area contributed by atoms with Crippen molar-refractivity contribution in [3.8, 4) is 0 Å². The zero-order chi connectivity index (χ0) is 20.3. The second kappa shape index (κ2) is 8.39. The number of H-pyrrole nitrogens is 1. The quantitative estimate of drug-likeness (QED) is 0.682. The Balaban J connectivity index is 1.78. The molecule has 1 fully saturated rings. The first kappa shape index (κ1) is 19.8. The van der Waals surface area contributed by atoms with E-state index in [2.05, 4.69) is 10.3 Å². The van der Waals surface area contributed by atoms with Gasteiger partial charge in [0, 0.05) is 43.5 Å². The number of hydrogen-bond donors (Lipinski definition) is 3. The first-order chi connectivity index (χ1) is 13.3. The van der Waals surface area contributed by atoms with Crippen molar-refractivity contribution in [3.05, 3.63) is 35.8 Å². The molecule has 8 nitrogen and oxygen atoms in total. The number of halogens is 1. The monoisotopic (exact) mass is 391 g/mol. The number of hydrogen-bond acceptors (Lipinski definition) is 4. The van der Waals surface area contributed by atoms with E-state index in [1.807, 2.05) is 0 Å². The van der Waals surface area contributed by atoms with Crippen LogP contribution in [0.5, 0.6) is 0 Å². The van der Waals surface area contributed by atoms with Crippen LogP contribution in [0, 0.1) is 5.82 Å². The Bertz CT molecular complexity index is 897. The number of nitrogens with one attached hydrogen (secondary N) is 2. The van der Waals surface area contributed by atoms with Gasteiger partial charge < -0.3 is 25.0 Å². The number of benzene rings is 1. The van der Waals surface area contributed by atoms with Crippen LogP contribution in [0.3, 0.4) is 0 Å². The Morgan fingerprint density at radius 3 is 2.93 bits per heavy atom. The number of ether oxygens (including phenoxy) is 1. The summed E-state index contributed by atoms with van der Waals surface area (Å²) in [5.74, 6) is -2.01. The van der Waals surface area contributed by atoms with Crippen molar-refractivity contribution in [1.29, 1.82) is 0 Å². The van der Waals surface area contributed by atoms with Gasteiger partial charge in [0.1, 0.15) is 11.9 Å². The lowest BCUT2D eigenvalue weighted by Gasteiger charge is -2.34. The second-order valence-electron chi connectivity index (χ2n) is 6.84. The highest BCUT2D eigenvalue weighted by molar-refractivity contribution is 5.89. The Morgan fingerprint density at radius 1 is 1.43 bits per heavy atom. The van der Waals surface area contributed by atoms with Gasteiger partial charge in [0.25, 0.3) is 0 Å². The van der Waals surface area contributed by atoms with E-state index in [1.54, 1.807) is 12.3 Å². The van der Waals surface area contributed by atoms with Crippen molar-refractivity contribution in [3.63, 3.8) is 0 Å². The van der Waals surface area contributed by atoms with E-state index in [0.717, 1.165) is 10.9 Å². The van der Waals surface area contributed by atoms with Crippen LogP contribution in [0.1, 0.15) is 18.9 Å².